The molecule has 2 saturated heterocycles. The average molecular weight is 387 g/mol. The van der Waals surface area contributed by atoms with E-state index < -0.39 is 0 Å². The molecule has 1 aliphatic carbocycles. The van der Waals surface area contributed by atoms with E-state index in [2.05, 4.69) is 15.1 Å². The van der Waals surface area contributed by atoms with Crippen LogP contribution in [0, 0.1) is 0 Å². The van der Waals surface area contributed by atoms with Crippen LogP contribution in [0.15, 0.2) is 28.7 Å². The summed E-state index contributed by atoms with van der Waals surface area (Å²) in [7, 11) is 1.64. The average Bonchev–Trinajstić information content (AvgIpc) is 3.26. The van der Waals surface area contributed by atoms with Crippen LogP contribution >= 0.6 is 0 Å². The van der Waals surface area contributed by atoms with Gasteiger partial charge in [0.2, 0.25) is 5.89 Å². The van der Waals surface area contributed by atoms with Crippen molar-refractivity contribution in [1.29, 1.82) is 0 Å². The summed E-state index contributed by atoms with van der Waals surface area (Å²) in [5, 5.41) is 8.45. The first-order chi connectivity index (χ1) is 13.8. The molecule has 2 aliphatic heterocycles. The van der Waals surface area contributed by atoms with Crippen LogP contribution in [-0.2, 0) is 9.47 Å². The largest absolute Gasteiger partial charge is 0.497 e. The predicted octanol–water partition coefficient (Wildman–Crippen LogP) is 2.40. The third kappa shape index (κ3) is 3.54. The molecule has 1 aromatic heterocycles. The summed E-state index contributed by atoms with van der Waals surface area (Å²) in [6, 6.07) is 8.14. The van der Waals surface area contributed by atoms with Gasteiger partial charge in [-0.15, -0.1) is 5.10 Å². The van der Waals surface area contributed by atoms with Gasteiger partial charge in [-0.05, 0) is 25.0 Å². The van der Waals surface area contributed by atoms with Crippen LogP contribution in [-0.4, -0.2) is 61.9 Å². The molecule has 3 fully saturated rings. The minimum Gasteiger partial charge on any atom is -0.497 e. The van der Waals surface area contributed by atoms with Gasteiger partial charge in [0.25, 0.3) is 0 Å². The Morgan fingerprint density at radius 3 is 2.46 bits per heavy atom. The number of fused-ring (bicyclic) bond motifs is 1. The molecule has 0 unspecified atom stereocenters. The summed E-state index contributed by atoms with van der Waals surface area (Å²) in [5.74, 6) is 2.72. The predicted molar refractivity (Wildman–Crippen MR) is 100.0 cm³/mol. The molecule has 0 N–H and O–H groups in total. The summed E-state index contributed by atoms with van der Waals surface area (Å²) in [4.78, 5) is 2.06. The maximum atomic E-state index is 6.09. The summed E-state index contributed by atoms with van der Waals surface area (Å²) in [6.07, 6.45) is 3.33. The van der Waals surface area contributed by atoms with Crippen molar-refractivity contribution < 1.29 is 23.4 Å². The zero-order valence-corrected chi connectivity index (χ0v) is 16.0. The lowest BCUT2D eigenvalue weighted by molar-refractivity contribution is -0.00461. The minimum atomic E-state index is -0.153. The number of ether oxygens (including phenoxy) is 4. The summed E-state index contributed by atoms with van der Waals surface area (Å²) in [6.45, 7) is 2.32. The molecular formula is C20H25N3O5. The van der Waals surface area contributed by atoms with Gasteiger partial charge in [0.15, 0.2) is 0 Å². The van der Waals surface area contributed by atoms with E-state index in [1.165, 1.54) is 6.42 Å². The van der Waals surface area contributed by atoms with Crippen molar-refractivity contribution in [1.82, 2.24) is 10.2 Å². The third-order valence-corrected chi connectivity index (χ3v) is 5.71. The molecule has 0 amide bonds. The van der Waals surface area contributed by atoms with Crippen LogP contribution in [0.3, 0.4) is 0 Å². The lowest BCUT2D eigenvalue weighted by Gasteiger charge is -2.21. The fourth-order valence-corrected chi connectivity index (χ4v) is 3.84. The molecule has 1 saturated carbocycles. The number of benzene rings is 1. The minimum absolute atomic E-state index is 0.0297. The van der Waals surface area contributed by atoms with Crippen LogP contribution < -0.4 is 14.4 Å². The molecule has 2 atom stereocenters. The van der Waals surface area contributed by atoms with Gasteiger partial charge in [0.1, 0.15) is 29.8 Å². The van der Waals surface area contributed by atoms with Crippen LogP contribution in [0.4, 0.5) is 6.01 Å². The first kappa shape index (κ1) is 17.8. The van der Waals surface area contributed by atoms with Gasteiger partial charge in [-0.3, -0.25) is 0 Å². The van der Waals surface area contributed by atoms with Crippen molar-refractivity contribution in [2.75, 3.05) is 38.3 Å². The second kappa shape index (κ2) is 7.60. The second-order valence-corrected chi connectivity index (χ2v) is 7.62. The normalized spacial score (nSPS) is 25.8. The molecule has 1 aromatic carbocycles. The topological polar surface area (TPSA) is 79.1 Å². The van der Waals surface area contributed by atoms with E-state index in [4.69, 9.17) is 23.4 Å². The van der Waals surface area contributed by atoms with E-state index in [1.54, 1.807) is 7.11 Å². The number of anilines is 1. The Labute approximate surface area is 163 Å². The van der Waals surface area contributed by atoms with Gasteiger partial charge >= 0.3 is 6.01 Å². The van der Waals surface area contributed by atoms with E-state index in [-0.39, 0.29) is 18.3 Å². The number of rotatable bonds is 5. The highest BCUT2D eigenvalue weighted by Gasteiger charge is 2.40. The monoisotopic (exact) mass is 387 g/mol. The van der Waals surface area contributed by atoms with E-state index >= 15 is 0 Å². The van der Waals surface area contributed by atoms with Gasteiger partial charge in [-0.25, -0.2) is 0 Å². The van der Waals surface area contributed by atoms with Crippen molar-refractivity contribution in [3.05, 3.63) is 30.2 Å². The van der Waals surface area contributed by atoms with Gasteiger partial charge in [-0.1, -0.05) is 17.6 Å². The Morgan fingerprint density at radius 1 is 1.04 bits per heavy atom. The van der Waals surface area contributed by atoms with E-state index in [1.807, 2.05) is 24.3 Å². The second-order valence-electron chi connectivity index (χ2n) is 7.62. The fraction of sp³-hybridized carbons (Fsp3) is 0.600. The third-order valence-electron chi connectivity index (χ3n) is 5.71. The maximum absolute atomic E-state index is 6.09. The summed E-state index contributed by atoms with van der Waals surface area (Å²) >= 11 is 0. The van der Waals surface area contributed by atoms with E-state index in [0.29, 0.717) is 38.2 Å². The Morgan fingerprint density at radius 2 is 1.79 bits per heavy atom. The molecule has 28 heavy (non-hydrogen) atoms. The smallest absolute Gasteiger partial charge is 0.318 e. The molecule has 0 bridgehead atoms. The summed E-state index contributed by atoms with van der Waals surface area (Å²) in [5.41, 5.74) is 0. The van der Waals surface area contributed by atoms with Crippen LogP contribution in [0.2, 0.25) is 0 Å². The molecule has 2 aromatic rings. The molecule has 8 heteroatoms. The molecule has 3 aliphatic rings. The van der Waals surface area contributed by atoms with Gasteiger partial charge in [0, 0.05) is 12.0 Å². The molecule has 3 heterocycles. The van der Waals surface area contributed by atoms with E-state index in [9.17, 15) is 0 Å². The summed E-state index contributed by atoms with van der Waals surface area (Å²) < 4.78 is 29.3. The Balaban J connectivity index is 1.17. The molecule has 5 rings (SSSR count). The zero-order valence-electron chi connectivity index (χ0n) is 16.0. The fourth-order valence-electron chi connectivity index (χ4n) is 3.84. The lowest BCUT2D eigenvalue weighted by atomic mass is 9.85. The van der Waals surface area contributed by atoms with Gasteiger partial charge < -0.3 is 28.3 Å². The standard InChI is InChI=1S/C20H25N3O5/c1-24-14-6-3-7-15(8-14)27-16-11-25-17-9-23(10-18(17)26-12-16)20-22-21-19(28-20)13-4-2-5-13/h3,6-8,13,16-18H,2,4-5,9-12H2,1H3/t17-,18-/m0/s1. The van der Waals surface area contributed by atoms with Gasteiger partial charge in [0.05, 0.1) is 33.4 Å². The van der Waals surface area contributed by atoms with Crippen LogP contribution in [0.25, 0.3) is 0 Å². The SMILES string of the molecule is COc1cccc(OC2CO[C@H]3CN(c4nnc(C5CCC5)o4)C[C@@H]3OC2)c1. The Kier molecular flexibility index (Phi) is 4.82. The number of hydrogen-bond acceptors (Lipinski definition) is 8. The van der Waals surface area contributed by atoms with Crippen LogP contribution in [0.5, 0.6) is 11.5 Å². The Bertz CT molecular complexity index is 793. The zero-order chi connectivity index (χ0) is 18.9. The maximum Gasteiger partial charge on any atom is 0.318 e. The first-order valence-electron chi connectivity index (χ1n) is 9.91. The molecule has 150 valence electrons. The highest BCUT2D eigenvalue weighted by Crippen LogP contribution is 2.37. The number of methoxy groups -OCH3 is 1. The molecule has 8 nitrogen and oxygen atoms in total. The van der Waals surface area contributed by atoms with Crippen molar-refractivity contribution in [3.63, 3.8) is 0 Å². The number of aromatic nitrogens is 2. The van der Waals surface area contributed by atoms with Gasteiger partial charge in [-0.2, -0.15) is 0 Å². The van der Waals surface area contributed by atoms with Crippen LogP contribution in [0.1, 0.15) is 31.1 Å². The number of hydrogen-bond donors (Lipinski definition) is 0. The Hall–Kier alpha value is -2.32. The number of nitrogens with zero attached hydrogens (tertiary/aromatic N) is 3. The van der Waals surface area contributed by atoms with Crippen molar-refractivity contribution in [3.8, 4) is 11.5 Å². The first-order valence-corrected chi connectivity index (χ1v) is 9.91. The lowest BCUT2D eigenvalue weighted by Crippen LogP contribution is -2.29. The van der Waals surface area contributed by atoms with E-state index in [0.717, 1.165) is 30.2 Å². The molecule has 0 radical (unpaired) electrons. The van der Waals surface area contributed by atoms with Crippen molar-refractivity contribution >= 4 is 6.01 Å². The highest BCUT2D eigenvalue weighted by atomic mass is 16.6. The van der Waals surface area contributed by atoms with Crippen molar-refractivity contribution in [2.24, 2.45) is 0 Å². The molecular weight excluding hydrogens is 362 g/mol. The van der Waals surface area contributed by atoms with Crippen molar-refractivity contribution in [2.45, 2.75) is 43.5 Å². The molecule has 0 spiro atoms. The highest BCUT2D eigenvalue weighted by molar-refractivity contribution is 5.33. The quantitative estimate of drug-likeness (QED) is 0.774.